The first-order valence-electron chi connectivity index (χ1n) is 10.9. The molecular formula is C25H34O3. The summed E-state index contributed by atoms with van der Waals surface area (Å²) in [6.45, 7) is 10.2. The van der Waals surface area contributed by atoms with Gasteiger partial charge >= 0.3 is 0 Å². The lowest BCUT2D eigenvalue weighted by Crippen LogP contribution is -2.08. The second-order valence-corrected chi connectivity index (χ2v) is 7.26. The Bertz CT molecular complexity index is 795. The molecule has 1 aliphatic carbocycles. The van der Waals surface area contributed by atoms with E-state index in [-0.39, 0.29) is 0 Å². The van der Waals surface area contributed by atoms with E-state index in [9.17, 15) is 0 Å². The van der Waals surface area contributed by atoms with Crippen molar-refractivity contribution in [2.45, 2.75) is 66.2 Å². The van der Waals surface area contributed by atoms with Crippen molar-refractivity contribution >= 4 is 0 Å². The van der Waals surface area contributed by atoms with Crippen molar-refractivity contribution in [3.05, 3.63) is 41.0 Å². The molecule has 0 saturated carbocycles. The normalized spacial score (nSPS) is 11.9. The van der Waals surface area contributed by atoms with Crippen LogP contribution in [0.4, 0.5) is 0 Å². The highest BCUT2D eigenvalue weighted by Gasteiger charge is 2.32. The molecule has 3 heteroatoms. The summed E-state index contributed by atoms with van der Waals surface area (Å²) in [7, 11) is 0. The Labute approximate surface area is 170 Å². The van der Waals surface area contributed by atoms with Crippen molar-refractivity contribution < 1.29 is 14.2 Å². The van der Waals surface area contributed by atoms with Crippen LogP contribution in [0.1, 0.15) is 70.1 Å². The van der Waals surface area contributed by atoms with E-state index < -0.39 is 0 Å². The van der Waals surface area contributed by atoms with Gasteiger partial charge in [0.05, 0.1) is 19.8 Å². The molecule has 2 aromatic rings. The van der Waals surface area contributed by atoms with Crippen LogP contribution < -0.4 is 14.2 Å². The lowest BCUT2D eigenvalue weighted by atomic mass is 9.93. The van der Waals surface area contributed by atoms with Crippen LogP contribution in [0.25, 0.3) is 11.1 Å². The fraction of sp³-hybridized carbons (Fsp3) is 0.520. The van der Waals surface area contributed by atoms with Crippen LogP contribution in [0.2, 0.25) is 0 Å². The van der Waals surface area contributed by atoms with Crippen LogP contribution >= 0.6 is 0 Å². The van der Waals surface area contributed by atoms with Crippen molar-refractivity contribution in [2.24, 2.45) is 0 Å². The number of fused-ring (bicyclic) bond motifs is 3. The van der Waals surface area contributed by atoms with Crippen LogP contribution in [-0.2, 0) is 12.8 Å². The van der Waals surface area contributed by atoms with E-state index in [1.54, 1.807) is 0 Å². The first kappa shape index (κ1) is 20.6. The fourth-order valence-electron chi connectivity index (χ4n) is 4.23. The third kappa shape index (κ3) is 3.99. The summed E-state index contributed by atoms with van der Waals surface area (Å²) in [5, 5.41) is 0. The Morgan fingerprint density at radius 2 is 1.43 bits per heavy atom. The van der Waals surface area contributed by atoms with E-state index in [4.69, 9.17) is 14.2 Å². The summed E-state index contributed by atoms with van der Waals surface area (Å²) in [6.07, 6.45) is 6.84. The molecule has 0 amide bonds. The highest BCUT2D eigenvalue weighted by Crippen LogP contribution is 2.54. The minimum Gasteiger partial charge on any atom is -0.490 e. The first-order chi connectivity index (χ1) is 13.8. The smallest absolute Gasteiger partial charge is 0.204 e. The van der Waals surface area contributed by atoms with Gasteiger partial charge in [0.2, 0.25) is 5.75 Å². The molecule has 0 radical (unpaired) electrons. The molecule has 3 nitrogen and oxygen atoms in total. The van der Waals surface area contributed by atoms with E-state index in [1.807, 2.05) is 20.8 Å². The molecule has 0 bridgehead atoms. The van der Waals surface area contributed by atoms with Gasteiger partial charge in [-0.1, -0.05) is 50.5 Å². The summed E-state index contributed by atoms with van der Waals surface area (Å²) in [4.78, 5) is 0. The Balaban J connectivity index is 2.19. The van der Waals surface area contributed by atoms with Crippen molar-refractivity contribution in [2.75, 3.05) is 19.8 Å². The molecular weight excluding hydrogens is 348 g/mol. The Kier molecular flexibility index (Phi) is 7.24. The van der Waals surface area contributed by atoms with Gasteiger partial charge in [0.25, 0.3) is 0 Å². The van der Waals surface area contributed by atoms with Gasteiger partial charge in [-0.05, 0) is 50.3 Å². The van der Waals surface area contributed by atoms with Gasteiger partial charge in [-0.3, -0.25) is 0 Å². The number of hydrogen-bond donors (Lipinski definition) is 0. The molecule has 2 aromatic carbocycles. The molecule has 0 atom stereocenters. The fourth-order valence-corrected chi connectivity index (χ4v) is 4.23. The highest BCUT2D eigenvalue weighted by molar-refractivity contribution is 5.86. The predicted molar refractivity (Wildman–Crippen MR) is 116 cm³/mol. The van der Waals surface area contributed by atoms with Gasteiger partial charge < -0.3 is 14.2 Å². The first-order valence-corrected chi connectivity index (χ1v) is 10.9. The molecule has 28 heavy (non-hydrogen) atoms. The molecule has 0 heterocycles. The van der Waals surface area contributed by atoms with Crippen molar-refractivity contribution in [3.8, 4) is 28.4 Å². The Morgan fingerprint density at radius 3 is 2.14 bits per heavy atom. The van der Waals surface area contributed by atoms with Gasteiger partial charge in [0.15, 0.2) is 11.5 Å². The predicted octanol–water partition coefficient (Wildman–Crippen LogP) is 6.58. The summed E-state index contributed by atoms with van der Waals surface area (Å²) < 4.78 is 18.5. The van der Waals surface area contributed by atoms with E-state index in [1.165, 1.54) is 53.5 Å². The zero-order valence-electron chi connectivity index (χ0n) is 17.9. The minimum absolute atomic E-state index is 0.598. The van der Waals surface area contributed by atoms with Gasteiger partial charge in [-0.15, -0.1) is 0 Å². The molecule has 152 valence electrons. The average Bonchev–Trinajstić information content (AvgIpc) is 3.09. The molecule has 3 rings (SSSR count). The van der Waals surface area contributed by atoms with Gasteiger partial charge in [-0.25, -0.2) is 0 Å². The van der Waals surface area contributed by atoms with Crippen molar-refractivity contribution in [1.82, 2.24) is 0 Å². The molecule has 0 unspecified atom stereocenters. The standard InChI is InChI=1S/C25H34O3/c1-5-9-10-11-16-20-22-19-15-13-12-14-18(19)17-21(22)24(27-7-3)25(28-8-4)23(20)26-6-2/h12-15H,5-11,16-17H2,1-4H3. The maximum Gasteiger partial charge on any atom is 0.204 e. The number of benzene rings is 2. The topological polar surface area (TPSA) is 27.7 Å². The van der Waals surface area contributed by atoms with Crippen LogP contribution in [0, 0.1) is 0 Å². The number of ether oxygens (including phenoxy) is 3. The van der Waals surface area contributed by atoms with E-state index in [0.29, 0.717) is 19.8 Å². The number of unbranched alkanes of at least 4 members (excludes halogenated alkanes) is 3. The second kappa shape index (κ2) is 9.86. The van der Waals surface area contributed by atoms with Crippen LogP contribution in [-0.4, -0.2) is 19.8 Å². The SMILES string of the molecule is CCCCCCc1c(OCC)c(OCC)c(OCC)c2c1-c1ccccc1C2. The second-order valence-electron chi connectivity index (χ2n) is 7.26. The lowest BCUT2D eigenvalue weighted by Gasteiger charge is -2.23. The molecule has 0 N–H and O–H groups in total. The molecule has 0 aliphatic heterocycles. The van der Waals surface area contributed by atoms with Crippen molar-refractivity contribution in [3.63, 3.8) is 0 Å². The molecule has 0 aromatic heterocycles. The maximum atomic E-state index is 6.20. The van der Waals surface area contributed by atoms with Crippen LogP contribution in [0.3, 0.4) is 0 Å². The lowest BCUT2D eigenvalue weighted by molar-refractivity contribution is 0.258. The summed E-state index contributed by atoms with van der Waals surface area (Å²) in [5.74, 6) is 2.55. The monoisotopic (exact) mass is 382 g/mol. The summed E-state index contributed by atoms with van der Waals surface area (Å²) in [5.41, 5.74) is 6.57. The molecule has 0 spiro atoms. The Hall–Kier alpha value is -2.16. The maximum absolute atomic E-state index is 6.20. The largest absolute Gasteiger partial charge is 0.490 e. The molecule has 0 saturated heterocycles. The van der Waals surface area contributed by atoms with Crippen LogP contribution in [0.5, 0.6) is 17.2 Å². The van der Waals surface area contributed by atoms with Gasteiger partial charge in [0, 0.05) is 17.5 Å². The third-order valence-corrected chi connectivity index (χ3v) is 5.36. The quantitative estimate of drug-likeness (QED) is 0.351. The minimum atomic E-state index is 0.598. The molecule has 1 aliphatic rings. The number of rotatable bonds is 11. The zero-order chi connectivity index (χ0) is 19.9. The highest BCUT2D eigenvalue weighted by atomic mass is 16.5. The average molecular weight is 383 g/mol. The van der Waals surface area contributed by atoms with Gasteiger partial charge in [0.1, 0.15) is 0 Å². The summed E-state index contributed by atoms with van der Waals surface area (Å²) >= 11 is 0. The van der Waals surface area contributed by atoms with E-state index in [0.717, 1.165) is 30.1 Å². The number of hydrogen-bond acceptors (Lipinski definition) is 3. The summed E-state index contributed by atoms with van der Waals surface area (Å²) in [6, 6.07) is 8.72. The molecule has 0 fully saturated rings. The zero-order valence-corrected chi connectivity index (χ0v) is 17.9. The van der Waals surface area contributed by atoms with E-state index >= 15 is 0 Å². The Morgan fingerprint density at radius 1 is 0.750 bits per heavy atom. The van der Waals surface area contributed by atoms with E-state index in [2.05, 4.69) is 31.2 Å². The third-order valence-electron chi connectivity index (χ3n) is 5.36. The van der Waals surface area contributed by atoms with Crippen molar-refractivity contribution in [1.29, 1.82) is 0 Å². The van der Waals surface area contributed by atoms with Crippen LogP contribution in [0.15, 0.2) is 24.3 Å². The van der Waals surface area contributed by atoms with Gasteiger partial charge in [-0.2, -0.15) is 0 Å².